The van der Waals surface area contributed by atoms with Crippen molar-refractivity contribution in [3.63, 3.8) is 0 Å². The molecule has 0 saturated carbocycles. The van der Waals surface area contributed by atoms with Gasteiger partial charge in [0.2, 0.25) is 0 Å². The van der Waals surface area contributed by atoms with Gasteiger partial charge in [0.15, 0.2) is 0 Å². The third-order valence-electron chi connectivity index (χ3n) is 2.94. The van der Waals surface area contributed by atoms with Gasteiger partial charge in [-0.05, 0) is 43.2 Å². The minimum atomic E-state index is 0.661. The van der Waals surface area contributed by atoms with Gasteiger partial charge in [0.1, 0.15) is 5.75 Å². The zero-order valence-corrected chi connectivity index (χ0v) is 13.3. The second kappa shape index (κ2) is 6.66. The van der Waals surface area contributed by atoms with Gasteiger partial charge in [-0.3, -0.25) is 0 Å². The number of hydrogen-bond donors (Lipinski definition) is 2. The Morgan fingerprint density at radius 3 is 2.55 bits per heavy atom. The number of ether oxygens (including phenoxy) is 1. The number of anilines is 3. The molecular formula is C16H19BrN2O. The molecule has 2 aromatic rings. The molecule has 0 aliphatic rings. The highest BCUT2D eigenvalue weighted by atomic mass is 79.9. The molecule has 0 aliphatic carbocycles. The lowest BCUT2D eigenvalue weighted by Crippen LogP contribution is -2.00. The standard InChI is InChI=1S/C16H19BrN2O/c1-3-8-20-16-10-13(6-7-15(16)18)19-12-5-4-11(2)14(17)9-12/h4-7,9-10,19H,3,8,18H2,1-2H3. The van der Waals surface area contributed by atoms with Crippen LogP contribution in [0.15, 0.2) is 40.9 Å². The number of benzene rings is 2. The summed E-state index contributed by atoms with van der Waals surface area (Å²) in [7, 11) is 0. The van der Waals surface area contributed by atoms with Crippen molar-refractivity contribution in [3.05, 3.63) is 46.4 Å². The van der Waals surface area contributed by atoms with Crippen molar-refractivity contribution in [1.82, 2.24) is 0 Å². The molecule has 3 N–H and O–H groups in total. The van der Waals surface area contributed by atoms with Crippen molar-refractivity contribution >= 4 is 33.0 Å². The van der Waals surface area contributed by atoms with Crippen LogP contribution < -0.4 is 15.8 Å². The summed E-state index contributed by atoms with van der Waals surface area (Å²) in [5, 5.41) is 3.35. The summed E-state index contributed by atoms with van der Waals surface area (Å²) < 4.78 is 6.72. The zero-order chi connectivity index (χ0) is 14.5. The van der Waals surface area contributed by atoms with Crippen LogP contribution in [-0.2, 0) is 0 Å². The van der Waals surface area contributed by atoms with Crippen LogP contribution in [0.4, 0.5) is 17.1 Å². The Morgan fingerprint density at radius 1 is 1.15 bits per heavy atom. The predicted molar refractivity (Wildman–Crippen MR) is 88.8 cm³/mol. The van der Waals surface area contributed by atoms with Crippen LogP contribution in [0.1, 0.15) is 18.9 Å². The average Bonchev–Trinajstić information content (AvgIpc) is 2.43. The Kier molecular flexibility index (Phi) is 4.90. The number of nitrogens with two attached hydrogens (primary N) is 1. The second-order valence-corrected chi connectivity index (χ2v) is 5.54. The Hall–Kier alpha value is -1.68. The highest BCUT2D eigenvalue weighted by Gasteiger charge is 2.03. The van der Waals surface area contributed by atoms with Crippen molar-refractivity contribution in [2.24, 2.45) is 0 Å². The Bertz CT molecular complexity index is 599. The van der Waals surface area contributed by atoms with E-state index in [1.54, 1.807) is 0 Å². The summed E-state index contributed by atoms with van der Waals surface area (Å²) in [5.41, 5.74) is 9.76. The first kappa shape index (κ1) is 14.7. The lowest BCUT2D eigenvalue weighted by atomic mass is 10.2. The van der Waals surface area contributed by atoms with E-state index in [9.17, 15) is 0 Å². The van der Waals surface area contributed by atoms with Crippen molar-refractivity contribution in [2.75, 3.05) is 17.7 Å². The van der Waals surface area contributed by atoms with Gasteiger partial charge in [0.05, 0.1) is 12.3 Å². The molecule has 0 atom stereocenters. The molecule has 0 saturated heterocycles. The molecule has 0 heterocycles. The van der Waals surface area contributed by atoms with E-state index in [2.05, 4.69) is 47.2 Å². The van der Waals surface area contributed by atoms with E-state index < -0.39 is 0 Å². The molecule has 2 aromatic carbocycles. The Morgan fingerprint density at radius 2 is 1.85 bits per heavy atom. The maximum atomic E-state index is 5.91. The van der Waals surface area contributed by atoms with Crippen molar-refractivity contribution in [2.45, 2.75) is 20.3 Å². The van der Waals surface area contributed by atoms with E-state index >= 15 is 0 Å². The van der Waals surface area contributed by atoms with Crippen LogP contribution in [0.25, 0.3) is 0 Å². The van der Waals surface area contributed by atoms with Gasteiger partial charge in [-0.2, -0.15) is 0 Å². The molecule has 0 unspecified atom stereocenters. The van der Waals surface area contributed by atoms with Gasteiger partial charge < -0.3 is 15.8 Å². The molecule has 0 aliphatic heterocycles. The summed E-state index contributed by atoms with van der Waals surface area (Å²) in [6.07, 6.45) is 0.960. The molecule has 0 spiro atoms. The molecule has 0 amide bonds. The zero-order valence-electron chi connectivity index (χ0n) is 11.7. The highest BCUT2D eigenvalue weighted by Crippen LogP contribution is 2.29. The molecule has 2 rings (SSSR count). The summed E-state index contributed by atoms with van der Waals surface area (Å²) in [5.74, 6) is 0.725. The van der Waals surface area contributed by atoms with Crippen LogP contribution in [-0.4, -0.2) is 6.61 Å². The maximum Gasteiger partial charge on any atom is 0.144 e. The van der Waals surface area contributed by atoms with Crippen LogP contribution in [0.3, 0.4) is 0 Å². The number of rotatable bonds is 5. The van der Waals surface area contributed by atoms with Gasteiger partial charge in [-0.15, -0.1) is 0 Å². The topological polar surface area (TPSA) is 47.3 Å². The molecule has 0 radical (unpaired) electrons. The molecule has 3 nitrogen and oxygen atoms in total. The van der Waals surface area contributed by atoms with Gasteiger partial charge in [-0.25, -0.2) is 0 Å². The molecule has 4 heteroatoms. The van der Waals surface area contributed by atoms with Crippen molar-refractivity contribution < 1.29 is 4.74 Å². The first-order chi connectivity index (χ1) is 9.60. The number of hydrogen-bond acceptors (Lipinski definition) is 3. The monoisotopic (exact) mass is 334 g/mol. The molecule has 0 fully saturated rings. The van der Waals surface area contributed by atoms with E-state index in [-0.39, 0.29) is 0 Å². The third kappa shape index (κ3) is 3.67. The summed E-state index contributed by atoms with van der Waals surface area (Å²) >= 11 is 3.54. The predicted octanol–water partition coefficient (Wildman–Crippen LogP) is 4.87. The molecule has 106 valence electrons. The van der Waals surface area contributed by atoms with Crippen LogP contribution in [0.5, 0.6) is 5.75 Å². The highest BCUT2D eigenvalue weighted by molar-refractivity contribution is 9.10. The first-order valence-corrected chi connectivity index (χ1v) is 7.45. The van der Waals surface area contributed by atoms with Crippen molar-refractivity contribution in [3.8, 4) is 5.75 Å². The van der Waals surface area contributed by atoms with E-state index in [0.717, 1.165) is 28.0 Å². The van der Waals surface area contributed by atoms with E-state index in [1.165, 1.54) is 5.56 Å². The fourth-order valence-electron chi connectivity index (χ4n) is 1.79. The first-order valence-electron chi connectivity index (χ1n) is 6.65. The molecule has 20 heavy (non-hydrogen) atoms. The molecule has 0 aromatic heterocycles. The Labute approximate surface area is 128 Å². The normalized spacial score (nSPS) is 10.3. The largest absolute Gasteiger partial charge is 0.491 e. The lowest BCUT2D eigenvalue weighted by Gasteiger charge is -2.12. The molecular weight excluding hydrogens is 316 g/mol. The fraction of sp³-hybridized carbons (Fsp3) is 0.250. The van der Waals surface area contributed by atoms with Gasteiger partial charge in [0, 0.05) is 21.9 Å². The van der Waals surface area contributed by atoms with Gasteiger partial charge in [-0.1, -0.05) is 28.9 Å². The average molecular weight is 335 g/mol. The lowest BCUT2D eigenvalue weighted by molar-refractivity contribution is 0.319. The SMILES string of the molecule is CCCOc1cc(Nc2ccc(C)c(Br)c2)ccc1N. The van der Waals surface area contributed by atoms with Gasteiger partial charge >= 0.3 is 0 Å². The summed E-state index contributed by atoms with van der Waals surface area (Å²) in [6, 6.07) is 11.9. The van der Waals surface area contributed by atoms with E-state index in [4.69, 9.17) is 10.5 Å². The smallest absolute Gasteiger partial charge is 0.144 e. The number of nitrogen functional groups attached to an aromatic ring is 1. The minimum Gasteiger partial charge on any atom is -0.491 e. The van der Waals surface area contributed by atoms with Crippen LogP contribution >= 0.6 is 15.9 Å². The van der Waals surface area contributed by atoms with E-state index in [0.29, 0.717) is 12.3 Å². The second-order valence-electron chi connectivity index (χ2n) is 4.69. The number of aryl methyl sites for hydroxylation is 1. The quantitative estimate of drug-likeness (QED) is 0.766. The summed E-state index contributed by atoms with van der Waals surface area (Å²) in [6.45, 7) is 4.81. The fourth-order valence-corrected chi connectivity index (χ4v) is 2.17. The van der Waals surface area contributed by atoms with Crippen LogP contribution in [0, 0.1) is 6.92 Å². The van der Waals surface area contributed by atoms with E-state index in [1.807, 2.05) is 24.3 Å². The molecule has 0 bridgehead atoms. The Balaban J connectivity index is 2.18. The minimum absolute atomic E-state index is 0.661. The maximum absolute atomic E-state index is 5.91. The summed E-state index contributed by atoms with van der Waals surface area (Å²) in [4.78, 5) is 0. The van der Waals surface area contributed by atoms with Crippen LogP contribution in [0.2, 0.25) is 0 Å². The number of halogens is 1. The third-order valence-corrected chi connectivity index (χ3v) is 3.79. The van der Waals surface area contributed by atoms with Gasteiger partial charge in [0.25, 0.3) is 0 Å². The van der Waals surface area contributed by atoms with Crippen molar-refractivity contribution in [1.29, 1.82) is 0 Å². The number of nitrogens with one attached hydrogen (secondary N) is 1.